The van der Waals surface area contributed by atoms with Gasteiger partial charge in [-0.3, -0.25) is 4.79 Å². The highest BCUT2D eigenvalue weighted by Gasteiger charge is 2.06. The van der Waals surface area contributed by atoms with Crippen LogP contribution in [0, 0.1) is 11.3 Å². The monoisotopic (exact) mass is 281 g/mol. The molecule has 0 atom stereocenters. The molecular formula is C13H16ClN3O2. The minimum Gasteiger partial charge on any atom is -0.481 e. The van der Waals surface area contributed by atoms with Gasteiger partial charge in [0.25, 0.3) is 0 Å². The van der Waals surface area contributed by atoms with Gasteiger partial charge in [-0.2, -0.15) is 5.26 Å². The smallest absolute Gasteiger partial charge is 0.303 e. The van der Waals surface area contributed by atoms with Gasteiger partial charge in [0.2, 0.25) is 0 Å². The van der Waals surface area contributed by atoms with Crippen LogP contribution in [0.15, 0.2) is 12.3 Å². The lowest BCUT2D eigenvalue weighted by Gasteiger charge is -2.07. The molecule has 0 saturated heterocycles. The molecule has 1 aromatic heterocycles. The van der Waals surface area contributed by atoms with Gasteiger partial charge in [-0.15, -0.1) is 0 Å². The third-order valence-corrected chi connectivity index (χ3v) is 3.00. The van der Waals surface area contributed by atoms with E-state index < -0.39 is 5.97 Å². The van der Waals surface area contributed by atoms with Crippen molar-refractivity contribution in [3.63, 3.8) is 0 Å². The maximum Gasteiger partial charge on any atom is 0.303 e. The van der Waals surface area contributed by atoms with E-state index in [9.17, 15) is 4.79 Å². The van der Waals surface area contributed by atoms with E-state index in [0.29, 0.717) is 29.4 Å². The van der Waals surface area contributed by atoms with Crippen molar-refractivity contribution in [1.82, 2.24) is 4.98 Å². The van der Waals surface area contributed by atoms with Crippen molar-refractivity contribution >= 4 is 23.4 Å². The van der Waals surface area contributed by atoms with Crippen LogP contribution < -0.4 is 5.32 Å². The fourth-order valence-electron chi connectivity index (χ4n) is 1.61. The lowest BCUT2D eigenvalue weighted by molar-refractivity contribution is -0.137. The van der Waals surface area contributed by atoms with Crippen LogP contribution in [0.4, 0.5) is 5.82 Å². The summed E-state index contributed by atoms with van der Waals surface area (Å²) in [5, 5.41) is 20.7. The quantitative estimate of drug-likeness (QED) is 0.715. The zero-order valence-electron chi connectivity index (χ0n) is 10.5. The van der Waals surface area contributed by atoms with Crippen LogP contribution in [0.1, 0.15) is 37.7 Å². The van der Waals surface area contributed by atoms with E-state index >= 15 is 0 Å². The Morgan fingerprint density at radius 3 is 2.84 bits per heavy atom. The summed E-state index contributed by atoms with van der Waals surface area (Å²) in [6.45, 7) is 0.703. The van der Waals surface area contributed by atoms with E-state index in [1.165, 1.54) is 0 Å². The van der Waals surface area contributed by atoms with Crippen molar-refractivity contribution in [2.75, 3.05) is 11.9 Å². The molecule has 0 aliphatic rings. The van der Waals surface area contributed by atoms with Crippen LogP contribution in [0.5, 0.6) is 0 Å². The Morgan fingerprint density at radius 1 is 1.42 bits per heavy atom. The van der Waals surface area contributed by atoms with Crippen molar-refractivity contribution in [1.29, 1.82) is 5.26 Å². The van der Waals surface area contributed by atoms with Crippen LogP contribution in [-0.2, 0) is 4.79 Å². The number of aliphatic carboxylic acids is 1. The van der Waals surface area contributed by atoms with Gasteiger partial charge in [0.05, 0.1) is 5.56 Å². The van der Waals surface area contributed by atoms with E-state index in [-0.39, 0.29) is 6.42 Å². The van der Waals surface area contributed by atoms with Crippen molar-refractivity contribution in [3.05, 3.63) is 22.8 Å². The maximum atomic E-state index is 10.3. The zero-order valence-corrected chi connectivity index (χ0v) is 11.3. The van der Waals surface area contributed by atoms with Gasteiger partial charge >= 0.3 is 5.97 Å². The largest absolute Gasteiger partial charge is 0.481 e. The molecule has 1 heterocycles. The lowest BCUT2D eigenvalue weighted by Crippen LogP contribution is -2.04. The molecule has 102 valence electrons. The third-order valence-electron chi connectivity index (χ3n) is 2.62. The van der Waals surface area contributed by atoms with Crippen molar-refractivity contribution in [3.8, 4) is 6.07 Å². The Kier molecular flexibility index (Phi) is 6.69. The second kappa shape index (κ2) is 8.33. The number of hydrogen-bond acceptors (Lipinski definition) is 4. The number of aromatic nitrogens is 1. The van der Waals surface area contributed by atoms with Gasteiger partial charge in [0, 0.05) is 19.2 Å². The molecule has 0 aromatic carbocycles. The Balaban J connectivity index is 2.23. The topological polar surface area (TPSA) is 86.0 Å². The van der Waals surface area contributed by atoms with Gasteiger partial charge in [-0.1, -0.05) is 24.4 Å². The molecule has 0 unspecified atom stereocenters. The van der Waals surface area contributed by atoms with E-state index in [1.54, 1.807) is 12.3 Å². The summed E-state index contributed by atoms with van der Waals surface area (Å²) in [6.07, 6.45) is 5.24. The van der Waals surface area contributed by atoms with Gasteiger partial charge in [-0.05, 0) is 18.9 Å². The number of unbranched alkanes of at least 4 members (excludes halogenated alkanes) is 3. The molecular weight excluding hydrogens is 266 g/mol. The number of halogens is 1. The van der Waals surface area contributed by atoms with E-state index in [0.717, 1.165) is 19.3 Å². The molecule has 0 amide bonds. The SMILES string of the molecule is N#Cc1ccnc(NCCCCCCC(=O)O)c1Cl. The Morgan fingerprint density at radius 2 is 2.16 bits per heavy atom. The average molecular weight is 282 g/mol. The number of nitrogens with zero attached hydrogens (tertiary/aromatic N) is 2. The number of nitriles is 1. The highest BCUT2D eigenvalue weighted by Crippen LogP contribution is 2.22. The second-order valence-electron chi connectivity index (χ2n) is 4.12. The number of pyridine rings is 1. The Hall–Kier alpha value is -1.80. The van der Waals surface area contributed by atoms with Gasteiger partial charge in [0.1, 0.15) is 16.9 Å². The zero-order chi connectivity index (χ0) is 14.1. The number of hydrogen-bond donors (Lipinski definition) is 2. The summed E-state index contributed by atoms with van der Waals surface area (Å²) in [4.78, 5) is 14.4. The standard InChI is InChI=1S/C13H16ClN3O2/c14-12-10(9-15)6-8-17-13(12)16-7-4-2-1-3-5-11(18)19/h6,8H,1-5,7H2,(H,16,17)(H,18,19). The molecule has 19 heavy (non-hydrogen) atoms. The van der Waals surface area contributed by atoms with Crippen molar-refractivity contribution < 1.29 is 9.90 Å². The number of nitrogens with one attached hydrogen (secondary N) is 1. The number of carboxylic acids is 1. The lowest BCUT2D eigenvalue weighted by atomic mass is 10.1. The molecule has 6 heteroatoms. The van der Waals surface area contributed by atoms with Crippen LogP contribution in [0.3, 0.4) is 0 Å². The van der Waals surface area contributed by atoms with Crippen LogP contribution in [0.25, 0.3) is 0 Å². The Bertz CT molecular complexity index is 471. The summed E-state index contributed by atoms with van der Waals surface area (Å²) in [5.41, 5.74) is 0.403. The molecule has 0 fully saturated rings. The van der Waals surface area contributed by atoms with Crippen LogP contribution in [0.2, 0.25) is 5.02 Å². The normalized spacial score (nSPS) is 9.89. The minimum absolute atomic E-state index is 0.227. The average Bonchev–Trinajstić information content (AvgIpc) is 2.39. The van der Waals surface area contributed by atoms with Crippen LogP contribution >= 0.6 is 11.6 Å². The molecule has 0 aliphatic heterocycles. The molecule has 5 nitrogen and oxygen atoms in total. The van der Waals surface area contributed by atoms with Crippen molar-refractivity contribution in [2.24, 2.45) is 0 Å². The van der Waals surface area contributed by atoms with Gasteiger partial charge in [0.15, 0.2) is 0 Å². The van der Waals surface area contributed by atoms with E-state index in [4.69, 9.17) is 22.0 Å². The van der Waals surface area contributed by atoms with Gasteiger partial charge < -0.3 is 10.4 Å². The Labute approximate surface area is 117 Å². The number of carbonyl (C=O) groups is 1. The van der Waals surface area contributed by atoms with E-state index in [1.807, 2.05) is 6.07 Å². The molecule has 0 aliphatic carbocycles. The predicted molar refractivity (Wildman–Crippen MR) is 73.2 cm³/mol. The first-order chi connectivity index (χ1) is 9.15. The molecule has 1 rings (SSSR count). The van der Waals surface area contributed by atoms with Crippen LogP contribution in [-0.4, -0.2) is 22.6 Å². The molecule has 0 bridgehead atoms. The molecule has 0 radical (unpaired) electrons. The first-order valence-corrected chi connectivity index (χ1v) is 6.53. The highest BCUT2D eigenvalue weighted by atomic mass is 35.5. The van der Waals surface area contributed by atoms with Gasteiger partial charge in [-0.25, -0.2) is 4.98 Å². The first-order valence-electron chi connectivity index (χ1n) is 6.15. The summed E-state index contributed by atoms with van der Waals surface area (Å²) in [5.74, 6) is -0.228. The number of rotatable bonds is 8. The third kappa shape index (κ3) is 5.58. The minimum atomic E-state index is -0.748. The number of carboxylic acid groups (broad SMARTS) is 1. The summed E-state index contributed by atoms with van der Waals surface area (Å²) < 4.78 is 0. The highest BCUT2D eigenvalue weighted by molar-refractivity contribution is 6.34. The predicted octanol–water partition coefficient (Wildman–Crippen LogP) is 3.05. The van der Waals surface area contributed by atoms with E-state index in [2.05, 4.69) is 10.3 Å². The molecule has 0 spiro atoms. The molecule has 0 saturated carbocycles. The summed E-state index contributed by atoms with van der Waals surface area (Å²) in [6, 6.07) is 3.57. The molecule has 2 N–H and O–H groups in total. The second-order valence-corrected chi connectivity index (χ2v) is 4.50. The first kappa shape index (κ1) is 15.3. The fraction of sp³-hybridized carbons (Fsp3) is 0.462. The molecule has 1 aromatic rings. The number of anilines is 1. The maximum absolute atomic E-state index is 10.3. The summed E-state index contributed by atoms with van der Waals surface area (Å²) in [7, 11) is 0. The summed E-state index contributed by atoms with van der Waals surface area (Å²) >= 11 is 5.99. The van der Waals surface area contributed by atoms with Crippen molar-refractivity contribution in [2.45, 2.75) is 32.1 Å². The fourth-order valence-corrected chi connectivity index (χ4v) is 1.84.